The Hall–Kier alpha value is -0.620. The molecular weight excluding hydrogens is 515 g/mol. The summed E-state index contributed by atoms with van der Waals surface area (Å²) in [6.45, 7) is 7.90. The van der Waals surface area contributed by atoms with Gasteiger partial charge in [0, 0.05) is 31.2 Å². The average molecular weight is 545 g/mol. The van der Waals surface area contributed by atoms with E-state index in [0.717, 1.165) is 5.56 Å². The predicted molar refractivity (Wildman–Crippen MR) is 125 cm³/mol. The Balaban J connectivity index is 0.00000392. The zero-order valence-corrected chi connectivity index (χ0v) is 20.4. The standard InChI is InChI=1S/C18H29ClN4O3S.HI/c1-4-20-18(22-11-16-7-5-6-8-17(16)19)21-9-10-27(24,25)23-12-14(2)26-15(3)13-23;/h5-8,14-15H,4,9-13H2,1-3H3,(H2,20,21,22);1H. The number of benzene rings is 1. The number of rotatable bonds is 7. The number of aliphatic imine (C=N–C) groups is 1. The largest absolute Gasteiger partial charge is 0.373 e. The number of hydrogen-bond acceptors (Lipinski definition) is 4. The number of sulfonamides is 1. The Labute approximate surface area is 190 Å². The van der Waals surface area contributed by atoms with E-state index in [1.54, 1.807) is 0 Å². The van der Waals surface area contributed by atoms with E-state index >= 15 is 0 Å². The molecule has 1 saturated heterocycles. The van der Waals surface area contributed by atoms with Gasteiger partial charge in [-0.05, 0) is 32.4 Å². The molecule has 0 bridgehead atoms. The van der Waals surface area contributed by atoms with E-state index in [4.69, 9.17) is 16.3 Å². The minimum Gasteiger partial charge on any atom is -0.373 e. The molecule has 160 valence electrons. The van der Waals surface area contributed by atoms with Gasteiger partial charge in [0.1, 0.15) is 0 Å². The normalized spacial score (nSPS) is 21.1. The molecule has 0 amide bonds. The lowest BCUT2D eigenvalue weighted by Crippen LogP contribution is -2.50. The maximum absolute atomic E-state index is 12.6. The molecule has 1 heterocycles. The second-order valence-electron chi connectivity index (χ2n) is 6.60. The van der Waals surface area contributed by atoms with Crippen LogP contribution in [0.1, 0.15) is 26.3 Å². The first-order valence-corrected chi connectivity index (χ1v) is 11.2. The summed E-state index contributed by atoms with van der Waals surface area (Å²) in [5.74, 6) is 0.569. The van der Waals surface area contributed by atoms with E-state index in [1.807, 2.05) is 45.0 Å². The van der Waals surface area contributed by atoms with Crippen LogP contribution in [-0.2, 0) is 21.3 Å². The summed E-state index contributed by atoms with van der Waals surface area (Å²) in [6.07, 6.45) is -0.183. The summed E-state index contributed by atoms with van der Waals surface area (Å²) in [4.78, 5) is 4.48. The van der Waals surface area contributed by atoms with Crippen molar-refractivity contribution in [3.05, 3.63) is 34.9 Å². The monoisotopic (exact) mass is 544 g/mol. The molecule has 7 nitrogen and oxygen atoms in total. The zero-order valence-electron chi connectivity index (χ0n) is 16.5. The third kappa shape index (κ3) is 8.02. The number of nitrogens with zero attached hydrogens (tertiary/aromatic N) is 2. The van der Waals surface area contributed by atoms with Crippen molar-refractivity contribution in [1.82, 2.24) is 14.9 Å². The van der Waals surface area contributed by atoms with Crippen molar-refractivity contribution in [2.45, 2.75) is 39.5 Å². The first kappa shape index (κ1) is 25.4. The molecule has 1 aliphatic rings. The van der Waals surface area contributed by atoms with Crippen molar-refractivity contribution < 1.29 is 13.2 Å². The minimum atomic E-state index is -3.35. The summed E-state index contributed by atoms with van der Waals surface area (Å²) < 4.78 is 32.3. The Morgan fingerprint density at radius 2 is 1.89 bits per heavy atom. The van der Waals surface area contributed by atoms with E-state index in [0.29, 0.717) is 37.2 Å². The Morgan fingerprint density at radius 3 is 2.50 bits per heavy atom. The van der Waals surface area contributed by atoms with Crippen molar-refractivity contribution >= 4 is 51.6 Å². The molecule has 0 aromatic heterocycles. The second-order valence-corrected chi connectivity index (χ2v) is 9.10. The van der Waals surface area contributed by atoms with Crippen LogP contribution in [-0.4, -0.2) is 62.8 Å². The fourth-order valence-corrected chi connectivity index (χ4v) is 4.61. The van der Waals surface area contributed by atoms with Gasteiger partial charge in [-0.3, -0.25) is 0 Å². The molecule has 0 spiro atoms. The lowest BCUT2D eigenvalue weighted by molar-refractivity contribution is -0.0440. The van der Waals surface area contributed by atoms with Crippen LogP contribution in [0.2, 0.25) is 5.02 Å². The summed E-state index contributed by atoms with van der Waals surface area (Å²) in [5.41, 5.74) is 0.917. The highest BCUT2D eigenvalue weighted by Crippen LogP contribution is 2.16. The van der Waals surface area contributed by atoms with Crippen LogP contribution < -0.4 is 10.6 Å². The number of ether oxygens (including phenoxy) is 1. The van der Waals surface area contributed by atoms with E-state index < -0.39 is 10.0 Å². The van der Waals surface area contributed by atoms with Gasteiger partial charge in [-0.25, -0.2) is 13.4 Å². The van der Waals surface area contributed by atoms with Crippen LogP contribution >= 0.6 is 35.6 Å². The topological polar surface area (TPSA) is 83.0 Å². The van der Waals surface area contributed by atoms with E-state index in [2.05, 4.69) is 15.6 Å². The zero-order chi connectivity index (χ0) is 19.9. The molecular formula is C18H30ClIN4O3S. The molecule has 2 N–H and O–H groups in total. The van der Waals surface area contributed by atoms with Gasteiger partial charge in [0.05, 0.1) is 24.5 Å². The molecule has 2 atom stereocenters. The van der Waals surface area contributed by atoms with E-state index in [9.17, 15) is 8.42 Å². The number of morpholine rings is 1. The first-order valence-electron chi connectivity index (χ1n) is 9.20. The first-order chi connectivity index (χ1) is 12.8. The molecule has 10 heteroatoms. The molecule has 0 radical (unpaired) electrons. The molecule has 1 aromatic carbocycles. The van der Waals surface area contributed by atoms with Gasteiger partial charge in [0.2, 0.25) is 10.0 Å². The fourth-order valence-electron chi connectivity index (χ4n) is 2.92. The van der Waals surface area contributed by atoms with Crippen LogP contribution in [0, 0.1) is 0 Å². The third-order valence-electron chi connectivity index (χ3n) is 4.14. The van der Waals surface area contributed by atoms with Crippen LogP contribution in [0.5, 0.6) is 0 Å². The highest BCUT2D eigenvalue weighted by atomic mass is 127. The number of nitrogens with one attached hydrogen (secondary N) is 2. The van der Waals surface area contributed by atoms with E-state index in [-0.39, 0.29) is 48.5 Å². The SMILES string of the molecule is CCNC(=NCc1ccccc1Cl)NCCS(=O)(=O)N1CC(C)OC(C)C1.I. The van der Waals surface area contributed by atoms with Crippen LogP contribution in [0.4, 0.5) is 0 Å². The maximum Gasteiger partial charge on any atom is 0.216 e. The lowest BCUT2D eigenvalue weighted by Gasteiger charge is -2.34. The van der Waals surface area contributed by atoms with Crippen molar-refractivity contribution in [1.29, 1.82) is 0 Å². The number of halogens is 2. The Bertz CT molecular complexity index is 738. The van der Waals surface area contributed by atoms with Gasteiger partial charge in [-0.2, -0.15) is 4.31 Å². The second kappa shape index (κ2) is 12.2. The molecule has 0 saturated carbocycles. The quantitative estimate of drug-likeness (QED) is 0.313. The molecule has 0 aliphatic carbocycles. The van der Waals surface area contributed by atoms with Crippen LogP contribution in [0.15, 0.2) is 29.3 Å². The molecule has 2 rings (SSSR count). The van der Waals surface area contributed by atoms with Gasteiger partial charge in [0.15, 0.2) is 5.96 Å². The highest BCUT2D eigenvalue weighted by molar-refractivity contribution is 14.0. The van der Waals surface area contributed by atoms with Crippen molar-refractivity contribution in [3.63, 3.8) is 0 Å². The van der Waals surface area contributed by atoms with Crippen molar-refractivity contribution in [2.24, 2.45) is 4.99 Å². The number of guanidine groups is 1. The highest BCUT2D eigenvalue weighted by Gasteiger charge is 2.30. The maximum atomic E-state index is 12.6. The van der Waals surface area contributed by atoms with Gasteiger partial charge in [-0.15, -0.1) is 24.0 Å². The lowest BCUT2D eigenvalue weighted by atomic mass is 10.2. The van der Waals surface area contributed by atoms with E-state index in [1.165, 1.54) is 4.31 Å². The van der Waals surface area contributed by atoms with Gasteiger partial charge < -0.3 is 15.4 Å². The molecule has 1 aromatic rings. The average Bonchev–Trinajstić information content (AvgIpc) is 2.60. The van der Waals surface area contributed by atoms with Crippen LogP contribution in [0.25, 0.3) is 0 Å². The molecule has 2 unspecified atom stereocenters. The Morgan fingerprint density at radius 1 is 1.25 bits per heavy atom. The van der Waals surface area contributed by atoms with Gasteiger partial charge in [0.25, 0.3) is 0 Å². The minimum absolute atomic E-state index is 0. The summed E-state index contributed by atoms with van der Waals surface area (Å²) >= 11 is 6.15. The predicted octanol–water partition coefficient (Wildman–Crippen LogP) is 2.45. The smallest absolute Gasteiger partial charge is 0.216 e. The Kier molecular flexibility index (Phi) is 11.0. The van der Waals surface area contributed by atoms with Crippen molar-refractivity contribution in [2.75, 3.05) is 31.9 Å². The van der Waals surface area contributed by atoms with Crippen molar-refractivity contribution in [3.8, 4) is 0 Å². The summed E-state index contributed by atoms with van der Waals surface area (Å²) in [5, 5.41) is 6.87. The van der Waals surface area contributed by atoms with Gasteiger partial charge >= 0.3 is 0 Å². The number of hydrogen-bond donors (Lipinski definition) is 2. The third-order valence-corrected chi connectivity index (χ3v) is 6.32. The van der Waals surface area contributed by atoms with Gasteiger partial charge in [-0.1, -0.05) is 29.8 Å². The van der Waals surface area contributed by atoms with Crippen LogP contribution in [0.3, 0.4) is 0 Å². The molecule has 1 aliphatic heterocycles. The fraction of sp³-hybridized carbons (Fsp3) is 0.611. The molecule has 28 heavy (non-hydrogen) atoms. The summed E-state index contributed by atoms with van der Waals surface area (Å²) in [7, 11) is -3.35. The summed E-state index contributed by atoms with van der Waals surface area (Å²) in [6, 6.07) is 7.52. The molecule has 1 fully saturated rings.